The van der Waals surface area contributed by atoms with E-state index in [1.807, 2.05) is 25.1 Å². The second-order valence-electron chi connectivity index (χ2n) is 8.40. The van der Waals surface area contributed by atoms with Gasteiger partial charge in [0.15, 0.2) is 11.5 Å². The summed E-state index contributed by atoms with van der Waals surface area (Å²) in [5.74, 6) is 1.04. The maximum atomic E-state index is 13.3. The molecule has 2 aliphatic heterocycles. The van der Waals surface area contributed by atoms with Crippen LogP contribution >= 0.6 is 0 Å². The molecule has 0 saturated carbocycles. The molecule has 0 unspecified atom stereocenters. The Bertz CT molecular complexity index is 1090. The van der Waals surface area contributed by atoms with Gasteiger partial charge >= 0.3 is 0 Å². The van der Waals surface area contributed by atoms with Crippen molar-refractivity contribution in [2.45, 2.75) is 50.5 Å². The Kier molecular flexibility index (Phi) is 6.71. The van der Waals surface area contributed by atoms with Crippen molar-refractivity contribution in [3.8, 4) is 11.5 Å². The molecule has 2 aliphatic rings. The van der Waals surface area contributed by atoms with E-state index in [0.717, 1.165) is 31.2 Å². The normalized spacial score (nSPS) is 17.9. The lowest BCUT2D eigenvalue weighted by molar-refractivity contribution is 0.0939. The van der Waals surface area contributed by atoms with E-state index in [-0.39, 0.29) is 16.8 Å². The van der Waals surface area contributed by atoms with Crippen molar-refractivity contribution in [2.75, 3.05) is 26.3 Å². The molecule has 1 atom stereocenters. The fourth-order valence-electron chi connectivity index (χ4n) is 4.13. The average Bonchev–Trinajstić information content (AvgIpc) is 3.09. The maximum absolute atomic E-state index is 13.3. The molecule has 1 fully saturated rings. The smallest absolute Gasteiger partial charge is 0.251 e. The van der Waals surface area contributed by atoms with Gasteiger partial charge in [0, 0.05) is 18.7 Å². The fraction of sp³-hybridized carbons (Fsp3) is 0.458. The molecule has 1 N–H and O–H groups in total. The number of carbonyl (C=O) groups excluding carboxylic acids is 1. The minimum atomic E-state index is -3.64. The first-order valence-electron chi connectivity index (χ1n) is 11.2. The molecule has 0 bridgehead atoms. The molecule has 0 aromatic heterocycles. The van der Waals surface area contributed by atoms with Gasteiger partial charge in [-0.25, -0.2) is 8.42 Å². The molecule has 172 valence electrons. The van der Waals surface area contributed by atoms with Crippen LogP contribution in [0.3, 0.4) is 0 Å². The van der Waals surface area contributed by atoms with Gasteiger partial charge in [0.1, 0.15) is 13.2 Å². The predicted molar refractivity (Wildman–Crippen MR) is 122 cm³/mol. The summed E-state index contributed by atoms with van der Waals surface area (Å²) in [6, 6.07) is 10.2. The molecule has 1 amide bonds. The van der Waals surface area contributed by atoms with Gasteiger partial charge < -0.3 is 14.8 Å². The van der Waals surface area contributed by atoms with Crippen LogP contribution in [-0.2, 0) is 10.0 Å². The van der Waals surface area contributed by atoms with Crippen molar-refractivity contribution in [1.82, 2.24) is 9.62 Å². The zero-order valence-corrected chi connectivity index (χ0v) is 19.4. The second-order valence-corrected chi connectivity index (χ2v) is 10.3. The van der Waals surface area contributed by atoms with Gasteiger partial charge in [0.2, 0.25) is 10.0 Å². The van der Waals surface area contributed by atoms with Crippen molar-refractivity contribution in [2.24, 2.45) is 0 Å². The van der Waals surface area contributed by atoms with E-state index < -0.39 is 10.0 Å². The second kappa shape index (κ2) is 9.50. The third-order valence-corrected chi connectivity index (χ3v) is 8.09. The van der Waals surface area contributed by atoms with E-state index in [4.69, 9.17) is 9.47 Å². The third-order valence-electron chi connectivity index (χ3n) is 6.05. The Balaban J connectivity index is 1.53. The van der Waals surface area contributed by atoms with Crippen LogP contribution in [0, 0.1) is 6.92 Å². The number of sulfonamides is 1. The van der Waals surface area contributed by atoms with Crippen LogP contribution in [0.1, 0.15) is 60.1 Å². The van der Waals surface area contributed by atoms with Gasteiger partial charge in [-0.2, -0.15) is 4.31 Å². The summed E-state index contributed by atoms with van der Waals surface area (Å²) in [5.41, 5.74) is 1.85. The number of hydrogen-bond acceptors (Lipinski definition) is 5. The van der Waals surface area contributed by atoms with Gasteiger partial charge in [-0.05, 0) is 62.1 Å². The van der Waals surface area contributed by atoms with Crippen molar-refractivity contribution in [3.63, 3.8) is 0 Å². The van der Waals surface area contributed by atoms with Crippen LogP contribution in [-0.4, -0.2) is 44.9 Å². The molecular weight excluding hydrogens is 428 g/mol. The van der Waals surface area contributed by atoms with Crippen LogP contribution in [0.25, 0.3) is 0 Å². The Labute approximate surface area is 189 Å². The van der Waals surface area contributed by atoms with Crippen molar-refractivity contribution < 1.29 is 22.7 Å². The van der Waals surface area contributed by atoms with Crippen LogP contribution in [0.4, 0.5) is 0 Å². The SMILES string of the molecule is Cc1ccc(C(=O)N[C@@H](C)c2ccc3c(c2)OCCO3)cc1S(=O)(=O)N1CCCCCC1. The van der Waals surface area contributed by atoms with Gasteiger partial charge in [0.05, 0.1) is 10.9 Å². The Hall–Kier alpha value is -2.58. The Morgan fingerprint density at radius 2 is 1.66 bits per heavy atom. The molecule has 7 nitrogen and oxygen atoms in total. The minimum Gasteiger partial charge on any atom is -0.486 e. The lowest BCUT2D eigenvalue weighted by Crippen LogP contribution is -2.33. The molecule has 0 radical (unpaired) electrons. The van der Waals surface area contributed by atoms with E-state index in [2.05, 4.69) is 5.32 Å². The summed E-state index contributed by atoms with van der Waals surface area (Å²) in [7, 11) is -3.64. The van der Waals surface area contributed by atoms with E-state index in [1.54, 1.807) is 23.4 Å². The number of carbonyl (C=O) groups is 1. The first-order chi connectivity index (χ1) is 15.4. The van der Waals surface area contributed by atoms with Gasteiger partial charge in [-0.15, -0.1) is 0 Å². The number of nitrogens with zero attached hydrogens (tertiary/aromatic N) is 1. The van der Waals surface area contributed by atoms with Crippen molar-refractivity contribution >= 4 is 15.9 Å². The Morgan fingerprint density at radius 1 is 0.969 bits per heavy atom. The number of amides is 1. The number of hydrogen-bond donors (Lipinski definition) is 1. The van der Waals surface area contributed by atoms with Crippen LogP contribution in [0.15, 0.2) is 41.3 Å². The molecule has 4 rings (SSSR count). The van der Waals surface area contributed by atoms with Crippen molar-refractivity contribution in [1.29, 1.82) is 0 Å². The van der Waals surface area contributed by atoms with E-state index >= 15 is 0 Å². The zero-order chi connectivity index (χ0) is 22.7. The summed E-state index contributed by atoms with van der Waals surface area (Å²) in [4.78, 5) is 13.2. The Morgan fingerprint density at radius 3 is 2.38 bits per heavy atom. The highest BCUT2D eigenvalue weighted by atomic mass is 32.2. The van der Waals surface area contributed by atoms with Gasteiger partial charge in [0.25, 0.3) is 5.91 Å². The molecule has 0 spiro atoms. The quantitative estimate of drug-likeness (QED) is 0.736. The molecule has 32 heavy (non-hydrogen) atoms. The summed E-state index contributed by atoms with van der Waals surface area (Å²) in [6.45, 7) is 5.72. The molecule has 2 aromatic rings. The number of aryl methyl sites for hydroxylation is 1. The summed E-state index contributed by atoms with van der Waals surface area (Å²) < 4.78 is 39.3. The fourth-order valence-corrected chi connectivity index (χ4v) is 5.90. The topological polar surface area (TPSA) is 84.9 Å². The van der Waals surface area contributed by atoms with E-state index in [9.17, 15) is 13.2 Å². The largest absolute Gasteiger partial charge is 0.486 e. The first-order valence-corrected chi connectivity index (χ1v) is 12.6. The zero-order valence-electron chi connectivity index (χ0n) is 18.6. The number of ether oxygens (including phenoxy) is 2. The first kappa shape index (κ1) is 22.6. The number of benzene rings is 2. The van der Waals surface area contributed by atoms with Crippen LogP contribution in [0.2, 0.25) is 0 Å². The minimum absolute atomic E-state index is 0.207. The van der Waals surface area contributed by atoms with Crippen LogP contribution in [0.5, 0.6) is 11.5 Å². The molecule has 1 saturated heterocycles. The highest BCUT2D eigenvalue weighted by molar-refractivity contribution is 7.89. The van der Waals surface area contributed by atoms with Gasteiger partial charge in [-0.3, -0.25) is 4.79 Å². The van der Waals surface area contributed by atoms with E-state index in [0.29, 0.717) is 48.9 Å². The van der Waals surface area contributed by atoms with Crippen LogP contribution < -0.4 is 14.8 Å². The summed E-state index contributed by atoms with van der Waals surface area (Å²) in [5, 5.41) is 2.96. The highest BCUT2D eigenvalue weighted by Gasteiger charge is 2.27. The lowest BCUT2D eigenvalue weighted by atomic mass is 10.1. The standard InChI is InChI=1S/C24H30N2O5S/c1-17-7-8-20(16-23(17)32(28,29)26-11-5-3-4-6-12-26)24(27)25-18(2)19-9-10-21-22(15-19)31-14-13-30-21/h7-10,15-16,18H,3-6,11-14H2,1-2H3,(H,25,27)/t18-/m0/s1. The average molecular weight is 459 g/mol. The maximum Gasteiger partial charge on any atom is 0.251 e. The molecular formula is C24H30N2O5S. The van der Waals surface area contributed by atoms with E-state index in [1.165, 1.54) is 6.07 Å². The van der Waals surface area contributed by atoms with Crippen molar-refractivity contribution in [3.05, 3.63) is 53.1 Å². The number of rotatable bonds is 5. The molecule has 0 aliphatic carbocycles. The summed E-state index contributed by atoms with van der Waals surface area (Å²) >= 11 is 0. The molecule has 2 aromatic carbocycles. The number of nitrogens with one attached hydrogen (secondary N) is 1. The molecule has 8 heteroatoms. The third kappa shape index (κ3) is 4.76. The highest BCUT2D eigenvalue weighted by Crippen LogP contribution is 2.32. The monoisotopic (exact) mass is 458 g/mol. The number of fused-ring (bicyclic) bond motifs is 1. The molecule has 2 heterocycles. The van der Waals surface area contributed by atoms with Gasteiger partial charge in [-0.1, -0.05) is 25.0 Å². The lowest BCUT2D eigenvalue weighted by Gasteiger charge is -2.22. The summed E-state index contributed by atoms with van der Waals surface area (Å²) in [6.07, 6.45) is 3.83. The predicted octanol–water partition coefficient (Wildman–Crippen LogP) is 3.82.